The summed E-state index contributed by atoms with van der Waals surface area (Å²) in [5, 5.41) is 2.27. The van der Waals surface area contributed by atoms with Crippen LogP contribution < -0.4 is 72.9 Å². The van der Waals surface area contributed by atoms with Gasteiger partial charge in [0.05, 0.1) is 22.8 Å². The van der Waals surface area contributed by atoms with E-state index in [1.807, 2.05) is 37.3 Å². The Labute approximate surface area is 361 Å². The number of hydrogen-bond donors (Lipinski definition) is 0. The smallest absolute Gasteiger partial charge is 1.00 e. The molecule has 286 valence electrons. The molecule has 0 amide bonds. The molecule has 9 rings (SSSR count). The zero-order valence-corrected chi connectivity index (χ0v) is 34.8. The van der Waals surface area contributed by atoms with Crippen LogP contribution in [0.4, 0.5) is 0 Å². The first kappa shape index (κ1) is 43.8. The number of halogens is 4. The molecule has 56 heavy (non-hydrogen) atoms. The predicted molar refractivity (Wildman–Crippen MR) is 199 cm³/mol. The van der Waals surface area contributed by atoms with Crippen molar-refractivity contribution >= 4 is 35.3 Å². The number of rotatable bonds is 4. The van der Waals surface area contributed by atoms with Gasteiger partial charge in [0.1, 0.15) is 28.2 Å². The second kappa shape index (κ2) is 17.9. The summed E-state index contributed by atoms with van der Waals surface area (Å²) in [4.78, 5) is 16.2. The number of fused-ring (bicyclic) bond motifs is 6. The van der Waals surface area contributed by atoms with E-state index in [1.165, 1.54) is 0 Å². The van der Waals surface area contributed by atoms with Gasteiger partial charge in [-0.15, -0.1) is 11.0 Å². The predicted octanol–water partition coefficient (Wildman–Crippen LogP) is -6.05. The molecule has 6 bridgehead atoms. The van der Waals surface area contributed by atoms with E-state index >= 15 is 0 Å². The van der Waals surface area contributed by atoms with Gasteiger partial charge in [-0.1, -0.05) is 24.3 Å². The standard InChI is InChI=1S/C44H36N7.4ClH.Cu/c1-48-21-13-29(14-22-48)41-33-5-6-34(33)42(30-15-23-49(2)24-16-30)36-8-10-38(46-36)44(32-19-27-51(4)28-20-32)40-12-11-39(47-40)43(37-9-7-35(41)45-37)31-17-25-50(3)26-18-31;;;;;/h5-28H,1-4H3;4*1H;/q+3;;;;;+1/p-4. The molecule has 5 aromatic heterocycles. The molecule has 8 heterocycles. The Bertz CT molecular complexity index is 2580. The van der Waals surface area contributed by atoms with Crippen molar-refractivity contribution < 1.29 is 85.0 Å². The zero-order chi connectivity index (χ0) is 34.6. The maximum Gasteiger partial charge on any atom is 1.00 e. The largest absolute Gasteiger partial charge is 1.00 e. The first-order valence-corrected chi connectivity index (χ1v) is 17.1. The van der Waals surface area contributed by atoms with Gasteiger partial charge in [0.15, 0.2) is 49.6 Å². The van der Waals surface area contributed by atoms with Crippen LogP contribution in [0.1, 0.15) is 22.8 Å². The summed E-state index contributed by atoms with van der Waals surface area (Å²) in [6, 6.07) is 25.9. The van der Waals surface area contributed by atoms with Crippen molar-refractivity contribution in [2.45, 2.75) is 0 Å². The van der Waals surface area contributed by atoms with Crippen LogP contribution in [0.25, 0.3) is 79.8 Å². The fourth-order valence-electron chi connectivity index (χ4n) is 7.02. The van der Waals surface area contributed by atoms with Crippen molar-refractivity contribution in [1.29, 1.82) is 0 Å². The van der Waals surface area contributed by atoms with E-state index in [0.717, 1.165) is 88.8 Å². The molecule has 0 fully saturated rings. The summed E-state index contributed by atoms with van der Waals surface area (Å²) in [6.07, 6.45) is 25.2. The molecule has 7 nitrogen and oxygen atoms in total. The molecule has 0 atom stereocenters. The van der Waals surface area contributed by atoms with E-state index in [1.54, 1.807) is 0 Å². The van der Waals surface area contributed by atoms with Crippen molar-refractivity contribution in [2.75, 3.05) is 0 Å². The van der Waals surface area contributed by atoms with E-state index in [2.05, 4.69) is 156 Å². The number of hydrogen-bond acceptors (Lipinski definition) is 2. The van der Waals surface area contributed by atoms with Crippen molar-refractivity contribution in [2.24, 2.45) is 28.2 Å². The van der Waals surface area contributed by atoms with Crippen LogP contribution in [0.15, 0.2) is 122 Å². The Hall–Kier alpha value is -4.92. The van der Waals surface area contributed by atoms with Crippen molar-refractivity contribution in [3.8, 4) is 44.5 Å². The molecule has 0 saturated carbocycles. The van der Waals surface area contributed by atoms with Crippen LogP contribution in [0.3, 0.4) is 0 Å². The monoisotopic (exact) mass is 865 g/mol. The molecule has 12 heteroatoms. The zero-order valence-electron chi connectivity index (χ0n) is 30.8. The second-order valence-corrected chi connectivity index (χ2v) is 13.3. The van der Waals surface area contributed by atoms with Crippen molar-refractivity contribution in [1.82, 2.24) is 15.0 Å². The number of nitrogens with zero attached hydrogens (tertiary/aromatic N) is 7. The second-order valence-electron chi connectivity index (χ2n) is 13.3. The Balaban J connectivity index is 0.00000139. The van der Waals surface area contributed by atoms with Crippen LogP contribution >= 0.6 is 0 Å². The molecule has 0 spiro atoms. The summed E-state index contributed by atoms with van der Waals surface area (Å²) in [5.41, 5.74) is 13.8. The molecule has 0 aromatic carbocycles. The average Bonchev–Trinajstić information content (AvgIpc) is 3.91. The molecule has 3 aliphatic heterocycles. The van der Waals surface area contributed by atoms with E-state index < -0.39 is 0 Å². The normalized spacial score (nSPS) is 11.1. The van der Waals surface area contributed by atoms with Gasteiger partial charge in [0.25, 0.3) is 0 Å². The van der Waals surface area contributed by atoms with Crippen molar-refractivity contribution in [3.63, 3.8) is 0 Å². The maximum atomic E-state index is 5.41. The molecule has 0 N–H and O–H groups in total. The van der Waals surface area contributed by atoms with Crippen LogP contribution in [0.2, 0.25) is 0 Å². The minimum absolute atomic E-state index is 0. The maximum absolute atomic E-state index is 5.41. The van der Waals surface area contributed by atoms with E-state index in [-0.39, 0.29) is 66.7 Å². The van der Waals surface area contributed by atoms with Gasteiger partial charge in [0.2, 0.25) is 0 Å². The van der Waals surface area contributed by atoms with Gasteiger partial charge < -0.3 is 54.6 Å². The molecule has 0 saturated heterocycles. The molecular weight excluding hydrogens is 832 g/mol. The molecule has 1 aliphatic carbocycles. The van der Waals surface area contributed by atoms with Gasteiger partial charge in [-0.25, -0.2) is 28.2 Å². The van der Waals surface area contributed by atoms with E-state index in [0.29, 0.717) is 0 Å². The third kappa shape index (κ3) is 8.00. The van der Waals surface area contributed by atoms with Gasteiger partial charge in [-0.3, -0.25) is 0 Å². The van der Waals surface area contributed by atoms with Crippen LogP contribution in [0.5, 0.6) is 0 Å². The minimum atomic E-state index is 0. The third-order valence-electron chi connectivity index (χ3n) is 9.77. The van der Waals surface area contributed by atoms with Crippen molar-refractivity contribution in [3.05, 3.63) is 156 Å². The Kier molecular flexibility index (Phi) is 14.0. The van der Waals surface area contributed by atoms with Crippen LogP contribution in [-0.4, -0.2) is 9.97 Å². The van der Waals surface area contributed by atoms with E-state index in [9.17, 15) is 0 Å². The first-order chi connectivity index (χ1) is 24.9. The quantitative estimate of drug-likeness (QED) is 0.131. The Morgan fingerprint density at radius 1 is 0.357 bits per heavy atom. The number of pyridine rings is 4. The van der Waals surface area contributed by atoms with Crippen LogP contribution in [0, 0.1) is 10.4 Å². The fourth-order valence-corrected chi connectivity index (χ4v) is 7.02. The number of aromatic nitrogens is 7. The van der Waals surface area contributed by atoms with Crippen LogP contribution in [-0.2, 0) is 45.3 Å². The summed E-state index contributed by atoms with van der Waals surface area (Å²) >= 11 is 0. The van der Waals surface area contributed by atoms with Gasteiger partial charge in [-0.2, -0.15) is 0 Å². The van der Waals surface area contributed by atoms with E-state index in [4.69, 9.17) is 15.0 Å². The minimum Gasteiger partial charge on any atom is -1.00 e. The molecule has 0 unspecified atom stereocenters. The summed E-state index contributed by atoms with van der Waals surface area (Å²) in [6.45, 7) is 0. The van der Waals surface area contributed by atoms with Gasteiger partial charge in [0, 0.05) is 59.7 Å². The third-order valence-corrected chi connectivity index (χ3v) is 9.77. The molecule has 5 aromatic rings. The Morgan fingerprint density at radius 2 is 0.607 bits per heavy atom. The SMILES string of the molecule is C[n+]1ccc(-c2c3nc(c(-c4cc[n+](C)cc4)c4ccc([n-]4)c(-c4cc[n+](C)cc4)c4nc(c(-c5cc[n+](C)cc5)c5ccc2=5)C=C4)C=C3)cc1.[Cl-].[Cl-].[Cl-].[Cl-].[Cu+]. The topological polar surface area (TPSA) is 55.4 Å². The fraction of sp³-hybridized carbons (Fsp3) is 0.0909. The molecule has 0 radical (unpaired) electrons. The summed E-state index contributed by atoms with van der Waals surface area (Å²) in [7, 11) is 8.15. The molecule has 4 aliphatic rings. The summed E-state index contributed by atoms with van der Waals surface area (Å²) in [5.74, 6) is 0. The summed E-state index contributed by atoms with van der Waals surface area (Å²) < 4.78 is 8.21. The molecular formula is C44H36Cl4CuN7. The average molecular weight is 868 g/mol. The van der Waals surface area contributed by atoms with Gasteiger partial charge in [-0.05, 0) is 68.1 Å². The number of aryl methyl sites for hydroxylation is 4. The first-order valence-electron chi connectivity index (χ1n) is 17.1. The van der Waals surface area contributed by atoms with Gasteiger partial charge >= 0.3 is 17.1 Å². The Morgan fingerprint density at radius 3 is 0.875 bits per heavy atom.